The second-order valence-corrected chi connectivity index (χ2v) is 3.90. The molecule has 0 aliphatic heterocycles. The molecule has 8 heteroatoms. The summed E-state index contributed by atoms with van der Waals surface area (Å²) in [6.07, 6.45) is 1.47. The van der Waals surface area contributed by atoms with Crippen LogP contribution >= 0.6 is 0 Å². The third kappa shape index (κ3) is 2.41. The van der Waals surface area contributed by atoms with Crippen LogP contribution in [0.15, 0.2) is 6.20 Å². The van der Waals surface area contributed by atoms with Crippen molar-refractivity contribution >= 4 is 16.0 Å². The molecule has 0 fully saturated rings. The highest BCUT2D eigenvalue weighted by molar-refractivity contribution is 7.90. The van der Waals surface area contributed by atoms with Gasteiger partial charge in [0.05, 0.1) is 6.20 Å². The van der Waals surface area contributed by atoms with E-state index in [0.717, 1.165) is 0 Å². The van der Waals surface area contributed by atoms with Crippen LogP contribution in [0.5, 0.6) is 0 Å². The summed E-state index contributed by atoms with van der Waals surface area (Å²) in [5.41, 5.74) is 5.95. The van der Waals surface area contributed by atoms with E-state index >= 15 is 0 Å². The molecule has 1 heterocycles. The first-order valence-corrected chi connectivity index (χ1v) is 5.01. The molecule has 0 unspecified atom stereocenters. The van der Waals surface area contributed by atoms with E-state index in [0.29, 0.717) is 5.56 Å². The Morgan fingerprint density at radius 1 is 1.69 bits per heavy atom. The summed E-state index contributed by atoms with van der Waals surface area (Å²) < 4.78 is 26.4. The third-order valence-electron chi connectivity index (χ3n) is 1.44. The van der Waals surface area contributed by atoms with Crippen LogP contribution in [-0.2, 0) is 16.8 Å². The summed E-state index contributed by atoms with van der Waals surface area (Å²) in [4.78, 5) is 0. The second kappa shape index (κ2) is 3.73. The maximum Gasteiger partial charge on any atom is 0.299 e. The molecule has 0 bridgehead atoms. The lowest BCUT2D eigenvalue weighted by Crippen LogP contribution is -2.27. The van der Waals surface area contributed by atoms with Crippen LogP contribution in [0.2, 0.25) is 0 Å². The Morgan fingerprint density at radius 2 is 2.38 bits per heavy atom. The average Bonchev–Trinajstić information content (AvgIpc) is 2.51. The molecule has 0 saturated heterocycles. The highest BCUT2D eigenvalue weighted by Gasteiger charge is 2.10. The first-order valence-electron chi connectivity index (χ1n) is 3.52. The van der Waals surface area contributed by atoms with Crippen LogP contribution in [0.4, 0.5) is 5.82 Å². The highest BCUT2D eigenvalue weighted by atomic mass is 32.2. The minimum absolute atomic E-state index is 0.220. The highest BCUT2D eigenvalue weighted by Crippen LogP contribution is 2.10. The number of anilines is 1. The van der Waals surface area contributed by atoms with Gasteiger partial charge in [-0.25, -0.2) is 4.72 Å². The lowest BCUT2D eigenvalue weighted by atomic mass is 10.3. The normalized spacial score (nSPS) is 11.5. The Labute approximate surface area is 75.9 Å². The number of hydrogen-bond acceptors (Lipinski definition) is 4. The smallest absolute Gasteiger partial charge is 0.299 e. The minimum atomic E-state index is -3.50. The molecule has 0 radical (unpaired) electrons. The number of rotatable bonds is 4. The SMILES string of the molecule is CNS(=O)(=O)Nc1[nH]ncc1CN. The van der Waals surface area contributed by atoms with Gasteiger partial charge >= 0.3 is 0 Å². The second-order valence-electron chi connectivity index (χ2n) is 2.28. The first kappa shape index (κ1) is 9.96. The van der Waals surface area contributed by atoms with Crippen LogP contribution in [-0.4, -0.2) is 25.7 Å². The molecule has 13 heavy (non-hydrogen) atoms. The van der Waals surface area contributed by atoms with Gasteiger partial charge in [0.15, 0.2) is 0 Å². The van der Waals surface area contributed by atoms with Crippen LogP contribution < -0.4 is 15.2 Å². The Hall–Kier alpha value is -1.12. The minimum Gasteiger partial charge on any atom is -0.326 e. The first-order chi connectivity index (χ1) is 6.09. The molecule has 7 nitrogen and oxygen atoms in total. The van der Waals surface area contributed by atoms with Crippen molar-refractivity contribution in [1.82, 2.24) is 14.9 Å². The van der Waals surface area contributed by atoms with Crippen molar-refractivity contribution in [3.8, 4) is 0 Å². The fourth-order valence-electron chi connectivity index (χ4n) is 0.740. The average molecular weight is 205 g/mol. The van der Waals surface area contributed by atoms with Gasteiger partial charge in [-0.3, -0.25) is 9.82 Å². The molecular weight excluding hydrogens is 194 g/mol. The van der Waals surface area contributed by atoms with Crippen LogP contribution in [0.3, 0.4) is 0 Å². The number of nitrogens with two attached hydrogens (primary N) is 1. The summed E-state index contributed by atoms with van der Waals surface area (Å²) in [6, 6.07) is 0. The van der Waals surface area contributed by atoms with Crippen molar-refractivity contribution < 1.29 is 8.42 Å². The predicted molar refractivity (Wildman–Crippen MR) is 48.1 cm³/mol. The Bertz CT molecular complexity index is 370. The number of nitrogens with one attached hydrogen (secondary N) is 3. The number of hydrogen-bond donors (Lipinski definition) is 4. The van der Waals surface area contributed by atoms with Crippen molar-refractivity contribution in [1.29, 1.82) is 0 Å². The van der Waals surface area contributed by atoms with Gasteiger partial charge in [0.2, 0.25) is 0 Å². The lowest BCUT2D eigenvalue weighted by Gasteiger charge is -2.04. The predicted octanol–water partition coefficient (Wildman–Crippen LogP) is -1.26. The standard InChI is InChI=1S/C5H11N5O2S/c1-7-13(11,12)10-5-4(2-6)3-8-9-5/h3,7H,2,6H2,1H3,(H2,8,9,10). The number of H-pyrrole nitrogens is 1. The van der Waals surface area contributed by atoms with Crippen LogP contribution in [0.25, 0.3) is 0 Å². The molecule has 0 amide bonds. The quantitative estimate of drug-likeness (QED) is 0.491. The summed E-state index contributed by atoms with van der Waals surface area (Å²) >= 11 is 0. The molecule has 0 aromatic carbocycles. The summed E-state index contributed by atoms with van der Waals surface area (Å²) in [5.74, 6) is 0.289. The monoisotopic (exact) mass is 205 g/mol. The van der Waals surface area contributed by atoms with Crippen molar-refractivity contribution in [2.45, 2.75) is 6.54 Å². The zero-order valence-electron chi connectivity index (χ0n) is 7.03. The van der Waals surface area contributed by atoms with Crippen LogP contribution in [0.1, 0.15) is 5.56 Å². The van der Waals surface area contributed by atoms with Gasteiger partial charge in [-0.1, -0.05) is 0 Å². The molecule has 0 spiro atoms. The summed E-state index contributed by atoms with van der Waals surface area (Å²) in [5, 5.41) is 6.14. The van der Waals surface area contributed by atoms with Gasteiger partial charge in [-0.15, -0.1) is 0 Å². The van der Waals surface area contributed by atoms with E-state index in [4.69, 9.17) is 5.73 Å². The number of nitrogens with zero attached hydrogens (tertiary/aromatic N) is 1. The molecule has 1 aromatic heterocycles. The van der Waals surface area contributed by atoms with Gasteiger partial charge in [-0.2, -0.15) is 13.5 Å². The Kier molecular flexibility index (Phi) is 2.86. The zero-order chi connectivity index (χ0) is 9.90. The van der Waals surface area contributed by atoms with E-state index in [-0.39, 0.29) is 12.4 Å². The summed E-state index contributed by atoms with van der Waals surface area (Å²) in [6.45, 7) is 0.220. The van der Waals surface area contributed by atoms with E-state index in [1.807, 2.05) is 0 Å². The molecule has 74 valence electrons. The topological polar surface area (TPSA) is 113 Å². The molecule has 0 atom stereocenters. The van der Waals surface area contributed by atoms with E-state index < -0.39 is 10.2 Å². The van der Waals surface area contributed by atoms with E-state index in [1.165, 1.54) is 13.2 Å². The van der Waals surface area contributed by atoms with Crippen molar-refractivity contribution in [3.05, 3.63) is 11.8 Å². The van der Waals surface area contributed by atoms with E-state index in [1.54, 1.807) is 0 Å². The fraction of sp³-hybridized carbons (Fsp3) is 0.400. The lowest BCUT2D eigenvalue weighted by molar-refractivity contribution is 0.593. The summed E-state index contributed by atoms with van der Waals surface area (Å²) in [7, 11) is -2.20. The number of aromatic amines is 1. The molecular formula is C5H11N5O2S. The van der Waals surface area contributed by atoms with Crippen LogP contribution in [0, 0.1) is 0 Å². The Morgan fingerprint density at radius 3 is 2.92 bits per heavy atom. The van der Waals surface area contributed by atoms with Crippen molar-refractivity contribution in [2.75, 3.05) is 11.8 Å². The largest absolute Gasteiger partial charge is 0.326 e. The third-order valence-corrected chi connectivity index (χ3v) is 2.45. The van der Waals surface area contributed by atoms with Gasteiger partial charge in [0, 0.05) is 19.2 Å². The molecule has 0 aliphatic rings. The molecule has 1 rings (SSSR count). The van der Waals surface area contributed by atoms with E-state index in [9.17, 15) is 8.42 Å². The number of aromatic nitrogens is 2. The zero-order valence-corrected chi connectivity index (χ0v) is 7.85. The molecule has 0 aliphatic carbocycles. The maximum atomic E-state index is 11.0. The van der Waals surface area contributed by atoms with Gasteiger partial charge in [0.1, 0.15) is 5.82 Å². The van der Waals surface area contributed by atoms with Crippen molar-refractivity contribution in [2.24, 2.45) is 5.73 Å². The van der Waals surface area contributed by atoms with Crippen molar-refractivity contribution in [3.63, 3.8) is 0 Å². The fourth-order valence-corrected chi connectivity index (χ4v) is 1.29. The van der Waals surface area contributed by atoms with Gasteiger partial charge in [0.25, 0.3) is 10.2 Å². The Balaban J connectivity index is 2.86. The van der Waals surface area contributed by atoms with E-state index in [2.05, 4.69) is 19.6 Å². The molecule has 1 aromatic rings. The molecule has 0 saturated carbocycles. The maximum absolute atomic E-state index is 11.0. The molecule has 5 N–H and O–H groups in total. The van der Waals surface area contributed by atoms with Gasteiger partial charge < -0.3 is 5.73 Å². The van der Waals surface area contributed by atoms with Gasteiger partial charge in [-0.05, 0) is 0 Å².